The number of hydrogen-bond acceptors (Lipinski definition) is 8. The van der Waals surface area contributed by atoms with Crippen LogP contribution in [0.1, 0.15) is 30.0 Å². The van der Waals surface area contributed by atoms with Crippen molar-refractivity contribution in [2.75, 3.05) is 49.7 Å². The second-order valence-electron chi connectivity index (χ2n) is 9.99. The van der Waals surface area contributed by atoms with Gasteiger partial charge in [-0.1, -0.05) is 25.1 Å². The standard InChI is InChI=1S/C28H30F3N7O2/c1-2-9-32-25-24-26(38(17-33-24)16-19-3-6-21(7-4-19)28(29,30)31)35-27(34-25)37-12-10-36(11-13-37)15-20-5-8-22-23(14-20)40-18-39-22/h3-8,14,17H,2,9-13,15-16,18H2,1H3,(H,32,34,35). The molecule has 2 aromatic heterocycles. The van der Waals surface area contributed by atoms with Gasteiger partial charge in [0.25, 0.3) is 0 Å². The number of alkyl halides is 3. The van der Waals surface area contributed by atoms with E-state index in [0.29, 0.717) is 29.5 Å². The fourth-order valence-electron chi connectivity index (χ4n) is 4.96. The highest BCUT2D eigenvalue weighted by atomic mass is 19.4. The minimum Gasteiger partial charge on any atom is -0.454 e. The van der Waals surface area contributed by atoms with Gasteiger partial charge in [-0.2, -0.15) is 23.1 Å². The minimum absolute atomic E-state index is 0.264. The molecule has 0 amide bonds. The number of ether oxygens (including phenoxy) is 2. The summed E-state index contributed by atoms with van der Waals surface area (Å²) in [5, 5.41) is 3.37. The summed E-state index contributed by atoms with van der Waals surface area (Å²) < 4.78 is 51.8. The zero-order chi connectivity index (χ0) is 27.7. The van der Waals surface area contributed by atoms with E-state index in [2.05, 4.69) is 33.1 Å². The SMILES string of the molecule is CCCNc1nc(N2CCN(Cc3ccc4c(c3)OCO4)CC2)nc2c1ncn2Cc1ccc(C(F)(F)F)cc1. The average Bonchev–Trinajstić information content (AvgIpc) is 3.59. The summed E-state index contributed by atoms with van der Waals surface area (Å²) in [6.07, 6.45) is -1.77. The van der Waals surface area contributed by atoms with Crippen LogP contribution >= 0.6 is 0 Å². The molecule has 0 bridgehead atoms. The fourth-order valence-corrected chi connectivity index (χ4v) is 4.96. The first-order valence-corrected chi connectivity index (χ1v) is 13.4. The predicted octanol–water partition coefficient (Wildman–Crippen LogP) is 4.77. The minimum atomic E-state index is -4.36. The number of rotatable bonds is 8. The van der Waals surface area contributed by atoms with Gasteiger partial charge in [0.2, 0.25) is 12.7 Å². The van der Waals surface area contributed by atoms with Gasteiger partial charge in [0.1, 0.15) is 0 Å². The summed E-state index contributed by atoms with van der Waals surface area (Å²) in [4.78, 5) is 18.8. The quantitative estimate of drug-likeness (QED) is 0.335. The highest BCUT2D eigenvalue weighted by Crippen LogP contribution is 2.33. The molecule has 9 nitrogen and oxygen atoms in total. The molecule has 4 heterocycles. The maximum absolute atomic E-state index is 13.0. The maximum Gasteiger partial charge on any atom is 0.416 e. The van der Waals surface area contributed by atoms with Crippen LogP contribution in [0.15, 0.2) is 48.8 Å². The van der Waals surface area contributed by atoms with Gasteiger partial charge in [0.15, 0.2) is 28.5 Å². The van der Waals surface area contributed by atoms with E-state index in [1.807, 2.05) is 16.7 Å². The third-order valence-corrected chi connectivity index (χ3v) is 7.13. The molecule has 12 heteroatoms. The lowest BCUT2D eigenvalue weighted by atomic mass is 10.1. The maximum atomic E-state index is 13.0. The van der Waals surface area contributed by atoms with Crippen molar-refractivity contribution in [3.63, 3.8) is 0 Å². The number of fused-ring (bicyclic) bond motifs is 2. The predicted molar refractivity (Wildman–Crippen MR) is 145 cm³/mol. The lowest BCUT2D eigenvalue weighted by Gasteiger charge is -2.34. The van der Waals surface area contributed by atoms with E-state index in [1.165, 1.54) is 17.7 Å². The molecule has 0 saturated carbocycles. The van der Waals surface area contributed by atoms with Crippen molar-refractivity contribution >= 4 is 22.9 Å². The third kappa shape index (κ3) is 5.48. The molecule has 4 aromatic rings. The molecule has 40 heavy (non-hydrogen) atoms. The summed E-state index contributed by atoms with van der Waals surface area (Å²) in [5.74, 6) is 2.85. The number of hydrogen-bond donors (Lipinski definition) is 1. The molecule has 0 spiro atoms. The van der Waals surface area contributed by atoms with Crippen molar-refractivity contribution in [2.45, 2.75) is 32.6 Å². The zero-order valence-corrected chi connectivity index (χ0v) is 22.1. The van der Waals surface area contributed by atoms with Crippen molar-refractivity contribution < 1.29 is 22.6 Å². The highest BCUT2D eigenvalue weighted by Gasteiger charge is 2.30. The van der Waals surface area contributed by atoms with Gasteiger partial charge in [-0.05, 0) is 41.8 Å². The molecule has 0 aliphatic carbocycles. The molecule has 2 aliphatic heterocycles. The van der Waals surface area contributed by atoms with Gasteiger partial charge in [-0.3, -0.25) is 4.90 Å². The number of anilines is 2. The Balaban J connectivity index is 1.19. The second-order valence-corrected chi connectivity index (χ2v) is 9.99. The molecule has 0 unspecified atom stereocenters. The Morgan fingerprint density at radius 2 is 1.65 bits per heavy atom. The second kappa shape index (κ2) is 10.8. The van der Waals surface area contributed by atoms with Crippen LogP contribution in [-0.2, 0) is 19.3 Å². The zero-order valence-electron chi connectivity index (χ0n) is 22.1. The molecule has 1 fully saturated rings. The normalized spacial score (nSPS) is 15.7. The van der Waals surface area contributed by atoms with Crippen molar-refractivity contribution in [2.24, 2.45) is 0 Å². The first kappa shape index (κ1) is 26.2. The Hall–Kier alpha value is -4.06. The third-order valence-electron chi connectivity index (χ3n) is 7.13. The van der Waals surface area contributed by atoms with E-state index in [-0.39, 0.29) is 6.79 Å². The lowest BCUT2D eigenvalue weighted by molar-refractivity contribution is -0.137. The summed E-state index contributed by atoms with van der Waals surface area (Å²) >= 11 is 0. The Labute approximate surface area is 229 Å². The van der Waals surface area contributed by atoms with Crippen LogP contribution in [0.5, 0.6) is 11.5 Å². The number of aromatic nitrogens is 4. The van der Waals surface area contributed by atoms with Crippen LogP contribution in [0.4, 0.5) is 24.9 Å². The molecule has 0 radical (unpaired) electrons. The number of piperazine rings is 1. The Bertz CT molecular complexity index is 1480. The van der Waals surface area contributed by atoms with E-state index < -0.39 is 11.7 Å². The molecule has 6 rings (SSSR count). The number of nitrogens with one attached hydrogen (secondary N) is 1. The summed E-state index contributed by atoms with van der Waals surface area (Å²) in [6, 6.07) is 11.3. The van der Waals surface area contributed by atoms with Crippen LogP contribution in [0.2, 0.25) is 0 Å². The van der Waals surface area contributed by atoms with Gasteiger partial charge in [0, 0.05) is 39.3 Å². The lowest BCUT2D eigenvalue weighted by Crippen LogP contribution is -2.46. The van der Waals surface area contributed by atoms with Gasteiger partial charge in [-0.25, -0.2) is 4.98 Å². The Morgan fingerprint density at radius 1 is 0.900 bits per heavy atom. The van der Waals surface area contributed by atoms with E-state index in [1.54, 1.807) is 6.33 Å². The topological polar surface area (TPSA) is 80.6 Å². The molecule has 1 saturated heterocycles. The van der Waals surface area contributed by atoms with Crippen LogP contribution in [0, 0.1) is 0 Å². The number of halogens is 3. The molecule has 210 valence electrons. The van der Waals surface area contributed by atoms with E-state index >= 15 is 0 Å². The monoisotopic (exact) mass is 553 g/mol. The number of benzene rings is 2. The summed E-state index contributed by atoms with van der Waals surface area (Å²) in [7, 11) is 0. The largest absolute Gasteiger partial charge is 0.454 e. The van der Waals surface area contributed by atoms with Crippen molar-refractivity contribution in [3.8, 4) is 11.5 Å². The van der Waals surface area contributed by atoms with Crippen LogP contribution < -0.4 is 19.7 Å². The average molecular weight is 554 g/mol. The van der Waals surface area contributed by atoms with E-state index in [4.69, 9.17) is 19.4 Å². The van der Waals surface area contributed by atoms with Crippen LogP contribution in [-0.4, -0.2) is 63.9 Å². The first-order valence-electron chi connectivity index (χ1n) is 13.4. The highest BCUT2D eigenvalue weighted by molar-refractivity contribution is 5.84. The van der Waals surface area contributed by atoms with Crippen molar-refractivity contribution in [1.82, 2.24) is 24.4 Å². The first-order chi connectivity index (χ1) is 19.4. The van der Waals surface area contributed by atoms with Gasteiger partial charge in [-0.15, -0.1) is 0 Å². The van der Waals surface area contributed by atoms with Crippen LogP contribution in [0.3, 0.4) is 0 Å². The van der Waals surface area contributed by atoms with Crippen molar-refractivity contribution in [3.05, 3.63) is 65.5 Å². The Kier molecular flexibility index (Phi) is 7.09. The number of imidazole rings is 1. The fraction of sp³-hybridized carbons (Fsp3) is 0.393. The molecule has 0 atom stereocenters. The molecular weight excluding hydrogens is 523 g/mol. The molecular formula is C28H30F3N7O2. The van der Waals surface area contributed by atoms with Gasteiger partial charge in [0.05, 0.1) is 18.4 Å². The molecule has 1 N–H and O–H groups in total. The van der Waals surface area contributed by atoms with E-state index in [0.717, 1.165) is 74.9 Å². The van der Waals surface area contributed by atoms with Crippen molar-refractivity contribution in [1.29, 1.82) is 0 Å². The van der Waals surface area contributed by atoms with Crippen LogP contribution in [0.25, 0.3) is 11.2 Å². The smallest absolute Gasteiger partial charge is 0.416 e. The van der Waals surface area contributed by atoms with Gasteiger partial charge >= 0.3 is 6.18 Å². The van der Waals surface area contributed by atoms with Gasteiger partial charge < -0.3 is 24.3 Å². The molecule has 2 aromatic carbocycles. The number of nitrogens with zero attached hydrogens (tertiary/aromatic N) is 6. The summed E-state index contributed by atoms with van der Waals surface area (Å²) in [5.41, 5.74) is 2.53. The van der Waals surface area contributed by atoms with E-state index in [9.17, 15) is 13.2 Å². The Morgan fingerprint density at radius 3 is 2.40 bits per heavy atom. The molecule has 2 aliphatic rings. The summed E-state index contributed by atoms with van der Waals surface area (Å²) in [6.45, 7) is 7.45.